The Kier molecular flexibility index (Phi) is 6.86. The SMILES string of the molecule is COC(=O)c1ccc2c(C3CCN(S(=O)(=O)c4ccc(OC(C)C)cc4)C3)cn(CC(=O)O)c2c1. The highest BCUT2D eigenvalue weighted by molar-refractivity contribution is 7.89. The molecular formula is C25H28N2O7S. The number of methoxy groups -OCH3 is 1. The largest absolute Gasteiger partial charge is 0.491 e. The molecule has 1 aliphatic rings. The smallest absolute Gasteiger partial charge is 0.337 e. The lowest BCUT2D eigenvalue weighted by molar-refractivity contribution is -0.137. The number of sulfonamides is 1. The summed E-state index contributed by atoms with van der Waals surface area (Å²) in [6.45, 7) is 4.15. The van der Waals surface area contributed by atoms with Crippen LogP contribution in [-0.2, 0) is 26.1 Å². The standard InChI is InChI=1S/C25H28N2O7S/c1-16(2)34-19-5-7-20(8-6-19)35(31,32)27-11-10-18(13-27)22-14-26(15-24(28)29)23-12-17(25(30)33-3)4-9-21(22)23/h4-9,12,14,16,18H,10-11,13,15H2,1-3H3,(H,28,29). The number of carbonyl (C=O) groups excluding carboxylic acids is 1. The van der Waals surface area contributed by atoms with Crippen LogP contribution in [0, 0.1) is 0 Å². The molecule has 1 atom stereocenters. The highest BCUT2D eigenvalue weighted by Gasteiger charge is 2.34. The maximum Gasteiger partial charge on any atom is 0.337 e. The zero-order chi connectivity index (χ0) is 25.3. The second-order valence-electron chi connectivity index (χ2n) is 8.82. The minimum atomic E-state index is -3.70. The zero-order valence-corrected chi connectivity index (χ0v) is 20.6. The van der Waals surface area contributed by atoms with Crippen molar-refractivity contribution in [3.63, 3.8) is 0 Å². The molecule has 1 saturated heterocycles. The average molecular weight is 501 g/mol. The molecule has 1 unspecified atom stereocenters. The first kappa shape index (κ1) is 24.7. The number of fused-ring (bicyclic) bond motifs is 1. The molecule has 0 saturated carbocycles. The van der Waals surface area contributed by atoms with E-state index in [1.807, 2.05) is 13.8 Å². The van der Waals surface area contributed by atoms with Crippen LogP contribution in [0.5, 0.6) is 5.75 Å². The first-order chi connectivity index (χ1) is 16.6. The maximum atomic E-state index is 13.3. The Balaban J connectivity index is 1.62. The summed E-state index contributed by atoms with van der Waals surface area (Å²) in [6.07, 6.45) is 2.33. The summed E-state index contributed by atoms with van der Waals surface area (Å²) in [5.41, 5.74) is 1.76. The molecule has 4 rings (SSSR count). The van der Waals surface area contributed by atoms with Crippen molar-refractivity contribution in [1.29, 1.82) is 0 Å². The van der Waals surface area contributed by atoms with Crippen molar-refractivity contribution in [3.8, 4) is 5.75 Å². The zero-order valence-electron chi connectivity index (χ0n) is 19.8. The number of aromatic nitrogens is 1. The normalized spacial score (nSPS) is 16.6. The van der Waals surface area contributed by atoms with Crippen LogP contribution in [0.15, 0.2) is 53.6 Å². The Labute approximate surface area is 203 Å². The molecule has 0 radical (unpaired) electrons. The van der Waals surface area contributed by atoms with Gasteiger partial charge in [-0.05, 0) is 62.2 Å². The van der Waals surface area contributed by atoms with E-state index in [0.717, 1.165) is 10.9 Å². The molecular weight excluding hydrogens is 472 g/mol. The van der Waals surface area contributed by atoms with Crippen LogP contribution in [0.25, 0.3) is 10.9 Å². The lowest BCUT2D eigenvalue weighted by Crippen LogP contribution is -2.28. The Morgan fingerprint density at radius 3 is 2.49 bits per heavy atom. The molecule has 1 aliphatic heterocycles. The summed E-state index contributed by atoms with van der Waals surface area (Å²) >= 11 is 0. The van der Waals surface area contributed by atoms with Crippen LogP contribution in [0.4, 0.5) is 0 Å². The van der Waals surface area contributed by atoms with Crippen molar-refractivity contribution >= 4 is 32.9 Å². The van der Waals surface area contributed by atoms with E-state index in [4.69, 9.17) is 9.47 Å². The average Bonchev–Trinajstić information content (AvgIpc) is 3.44. The van der Waals surface area contributed by atoms with Gasteiger partial charge in [-0.15, -0.1) is 0 Å². The fourth-order valence-electron chi connectivity index (χ4n) is 4.48. The Bertz CT molecular complexity index is 1360. The Hall–Kier alpha value is -3.37. The number of rotatable bonds is 8. The number of ether oxygens (including phenoxy) is 2. The van der Waals surface area contributed by atoms with Gasteiger partial charge in [0, 0.05) is 36.1 Å². The first-order valence-electron chi connectivity index (χ1n) is 11.3. The van der Waals surface area contributed by atoms with Crippen molar-refractivity contribution < 1.29 is 32.6 Å². The summed E-state index contributed by atoms with van der Waals surface area (Å²) in [6, 6.07) is 11.4. The highest BCUT2D eigenvalue weighted by Crippen LogP contribution is 2.36. The number of nitrogens with zero attached hydrogens (tertiary/aromatic N) is 2. The molecule has 0 aliphatic carbocycles. The van der Waals surface area contributed by atoms with Crippen LogP contribution >= 0.6 is 0 Å². The molecule has 2 heterocycles. The van der Waals surface area contributed by atoms with Crippen molar-refractivity contribution in [2.24, 2.45) is 0 Å². The van der Waals surface area contributed by atoms with Gasteiger partial charge in [-0.2, -0.15) is 4.31 Å². The Morgan fingerprint density at radius 2 is 1.86 bits per heavy atom. The van der Waals surface area contributed by atoms with E-state index in [1.54, 1.807) is 53.2 Å². The predicted molar refractivity (Wildman–Crippen MR) is 129 cm³/mol. The van der Waals surface area contributed by atoms with Gasteiger partial charge in [0.15, 0.2) is 0 Å². The molecule has 10 heteroatoms. The third-order valence-electron chi connectivity index (χ3n) is 6.06. The summed E-state index contributed by atoms with van der Waals surface area (Å²) < 4.78 is 39.9. The van der Waals surface area contributed by atoms with E-state index in [1.165, 1.54) is 11.4 Å². The molecule has 0 amide bonds. The number of hydrogen-bond donors (Lipinski definition) is 1. The van der Waals surface area contributed by atoms with Gasteiger partial charge in [0.1, 0.15) is 12.3 Å². The third-order valence-corrected chi connectivity index (χ3v) is 7.94. The highest BCUT2D eigenvalue weighted by atomic mass is 32.2. The van der Waals surface area contributed by atoms with E-state index >= 15 is 0 Å². The quantitative estimate of drug-likeness (QED) is 0.471. The summed E-state index contributed by atoms with van der Waals surface area (Å²) in [4.78, 5) is 23.6. The van der Waals surface area contributed by atoms with Crippen molar-refractivity contribution in [2.75, 3.05) is 20.2 Å². The predicted octanol–water partition coefficient (Wildman–Crippen LogP) is 3.48. The van der Waals surface area contributed by atoms with Gasteiger partial charge in [0.05, 0.1) is 23.7 Å². The van der Waals surface area contributed by atoms with Gasteiger partial charge < -0.3 is 19.1 Å². The number of carboxylic acid groups (broad SMARTS) is 1. The first-order valence-corrected chi connectivity index (χ1v) is 12.7. The minimum absolute atomic E-state index is 0.0104. The molecule has 1 N–H and O–H groups in total. The Morgan fingerprint density at radius 1 is 1.14 bits per heavy atom. The molecule has 0 bridgehead atoms. The van der Waals surface area contributed by atoms with E-state index in [-0.39, 0.29) is 30.0 Å². The van der Waals surface area contributed by atoms with Crippen molar-refractivity contribution in [3.05, 3.63) is 59.8 Å². The van der Waals surface area contributed by atoms with Gasteiger partial charge in [-0.3, -0.25) is 4.79 Å². The molecule has 186 valence electrons. The molecule has 2 aromatic carbocycles. The van der Waals surface area contributed by atoms with Crippen LogP contribution in [0.1, 0.15) is 42.1 Å². The molecule has 9 nitrogen and oxygen atoms in total. The lowest BCUT2D eigenvalue weighted by atomic mass is 9.97. The second kappa shape index (κ2) is 9.71. The van der Waals surface area contributed by atoms with Crippen LogP contribution in [0.2, 0.25) is 0 Å². The summed E-state index contributed by atoms with van der Waals surface area (Å²) in [5.74, 6) is -1.04. The van der Waals surface area contributed by atoms with Gasteiger partial charge in [-0.1, -0.05) is 6.07 Å². The molecule has 3 aromatic rings. The third kappa shape index (κ3) is 5.03. The van der Waals surface area contributed by atoms with Gasteiger partial charge >= 0.3 is 11.9 Å². The number of benzene rings is 2. The van der Waals surface area contributed by atoms with Gasteiger partial charge in [0.2, 0.25) is 10.0 Å². The van der Waals surface area contributed by atoms with Crippen LogP contribution in [0.3, 0.4) is 0 Å². The topological polar surface area (TPSA) is 115 Å². The van der Waals surface area contributed by atoms with E-state index < -0.39 is 22.0 Å². The van der Waals surface area contributed by atoms with Crippen LogP contribution in [-0.4, -0.2) is 60.6 Å². The number of esters is 1. The van der Waals surface area contributed by atoms with Crippen molar-refractivity contribution in [2.45, 2.75) is 43.7 Å². The van der Waals surface area contributed by atoms with Crippen LogP contribution < -0.4 is 4.74 Å². The molecule has 1 aromatic heterocycles. The molecule has 1 fully saturated rings. The number of carboxylic acids is 1. The minimum Gasteiger partial charge on any atom is -0.491 e. The van der Waals surface area contributed by atoms with E-state index in [0.29, 0.717) is 29.8 Å². The lowest BCUT2D eigenvalue weighted by Gasteiger charge is -2.17. The fourth-order valence-corrected chi connectivity index (χ4v) is 5.98. The number of aliphatic carboxylic acids is 1. The maximum absolute atomic E-state index is 13.3. The van der Waals surface area contributed by atoms with Gasteiger partial charge in [-0.25, -0.2) is 13.2 Å². The number of hydrogen-bond acceptors (Lipinski definition) is 6. The molecule has 35 heavy (non-hydrogen) atoms. The summed E-state index contributed by atoms with van der Waals surface area (Å²) in [7, 11) is -2.41. The van der Waals surface area contributed by atoms with E-state index in [2.05, 4.69) is 0 Å². The number of carbonyl (C=O) groups is 2. The fraction of sp³-hybridized carbons (Fsp3) is 0.360. The molecule has 0 spiro atoms. The van der Waals surface area contributed by atoms with Gasteiger partial charge in [0.25, 0.3) is 0 Å². The monoisotopic (exact) mass is 500 g/mol. The van der Waals surface area contributed by atoms with E-state index in [9.17, 15) is 23.1 Å². The van der Waals surface area contributed by atoms with Crippen molar-refractivity contribution in [1.82, 2.24) is 8.87 Å². The second-order valence-corrected chi connectivity index (χ2v) is 10.8. The summed E-state index contributed by atoms with van der Waals surface area (Å²) in [5, 5.41) is 10.1.